The molecule has 0 amide bonds. The lowest BCUT2D eigenvalue weighted by Gasteiger charge is -2.21. The van der Waals surface area contributed by atoms with Crippen LogP contribution in [0.3, 0.4) is 0 Å². The molecule has 0 rings (SSSR count). The molecule has 0 heterocycles. The summed E-state index contributed by atoms with van der Waals surface area (Å²) < 4.78 is 68.4. The van der Waals surface area contributed by atoms with Crippen molar-refractivity contribution in [1.29, 1.82) is 0 Å². The topological polar surface area (TPSA) is 237 Å². The van der Waals surface area contributed by atoms with Crippen molar-refractivity contribution in [2.24, 2.45) is 17.8 Å². The lowest BCUT2D eigenvalue weighted by Crippen LogP contribution is -2.30. The van der Waals surface area contributed by atoms with Crippen LogP contribution in [0.2, 0.25) is 0 Å². The molecule has 2 unspecified atom stereocenters. The van der Waals surface area contributed by atoms with Crippen LogP contribution >= 0.6 is 15.6 Å². The summed E-state index contributed by atoms with van der Waals surface area (Å²) in [6.45, 7) is 11.8. The summed E-state index contributed by atoms with van der Waals surface area (Å²) in [7, 11) is -9.91. The van der Waals surface area contributed by atoms with Gasteiger partial charge in [-0.3, -0.25) is 37.3 Å². The number of carbonyl (C=O) groups is 4. The number of hydrogen-bond donors (Lipinski definition) is 3. The Kier molecular flexibility index (Phi) is 61.5. The monoisotopic (exact) mass is 1340 g/mol. The molecule has 0 fully saturated rings. The van der Waals surface area contributed by atoms with Crippen molar-refractivity contribution < 1.29 is 80.2 Å². The Morgan fingerprint density at radius 3 is 0.747 bits per heavy atom. The average molecular weight is 1340 g/mol. The highest BCUT2D eigenvalue weighted by Gasteiger charge is 2.30. The molecule has 5 atom stereocenters. The van der Waals surface area contributed by atoms with Gasteiger partial charge in [-0.2, -0.15) is 0 Å². The van der Waals surface area contributed by atoms with Crippen molar-refractivity contribution in [3.8, 4) is 0 Å². The van der Waals surface area contributed by atoms with Gasteiger partial charge < -0.3 is 33.8 Å². The summed E-state index contributed by atoms with van der Waals surface area (Å²) in [6.07, 6.45) is 47.1. The Bertz CT molecular complexity index is 1780. The SMILES string of the molecule is CCCCCCCCCCCCCCC(=O)OC[C@H](COP(=O)(O)OC[C@H](O)COP(=O)(O)OC[C@@H](COC(=O)CCCCCCCCCCCC(C)C)OC(=O)CCCCCCCCCCCCCCC(C)C)OC(=O)CCCCCCCCCCCC(C)C. The summed E-state index contributed by atoms with van der Waals surface area (Å²) in [5.74, 6) is 0.134. The summed E-state index contributed by atoms with van der Waals surface area (Å²) in [4.78, 5) is 72.6. The third kappa shape index (κ3) is 66.5. The molecular weight excluding hydrogens is 1200 g/mol. The van der Waals surface area contributed by atoms with Gasteiger partial charge in [0.05, 0.1) is 26.4 Å². The molecule has 0 bridgehead atoms. The Morgan fingerprint density at radius 1 is 0.297 bits per heavy atom. The maximum absolute atomic E-state index is 13.0. The second-order valence-electron chi connectivity index (χ2n) is 27.4. The summed E-state index contributed by atoms with van der Waals surface area (Å²) >= 11 is 0. The van der Waals surface area contributed by atoms with Gasteiger partial charge in [-0.05, 0) is 43.4 Å². The minimum Gasteiger partial charge on any atom is -0.462 e. The van der Waals surface area contributed by atoms with Crippen LogP contribution in [-0.2, 0) is 65.4 Å². The fourth-order valence-corrected chi connectivity index (χ4v) is 12.5. The predicted octanol–water partition coefficient (Wildman–Crippen LogP) is 20.6. The van der Waals surface area contributed by atoms with Gasteiger partial charge in [0.1, 0.15) is 19.3 Å². The van der Waals surface area contributed by atoms with Gasteiger partial charge >= 0.3 is 39.5 Å². The molecule has 19 heteroatoms. The molecule has 0 aromatic carbocycles. The first-order chi connectivity index (χ1) is 43.7. The number of aliphatic hydroxyl groups is 1. The number of ether oxygens (including phenoxy) is 4. The van der Waals surface area contributed by atoms with Crippen LogP contribution in [0, 0.1) is 17.8 Å². The smallest absolute Gasteiger partial charge is 0.462 e. The minimum absolute atomic E-state index is 0.105. The second kappa shape index (κ2) is 62.8. The Morgan fingerprint density at radius 2 is 0.505 bits per heavy atom. The molecule has 0 spiro atoms. The molecule has 0 aliphatic heterocycles. The highest BCUT2D eigenvalue weighted by atomic mass is 31.2. The molecule has 0 aliphatic rings. The van der Waals surface area contributed by atoms with Crippen LogP contribution in [0.1, 0.15) is 363 Å². The lowest BCUT2D eigenvalue weighted by molar-refractivity contribution is -0.161. The summed E-state index contributed by atoms with van der Waals surface area (Å²) in [6, 6.07) is 0. The maximum atomic E-state index is 13.0. The fraction of sp³-hybridized carbons (Fsp3) is 0.944. The normalized spacial score (nSPS) is 14.2. The van der Waals surface area contributed by atoms with E-state index < -0.39 is 97.5 Å². The standard InChI is InChI=1S/C72H140O17P2/c1-8-9-10-11-12-13-14-18-25-32-39-46-53-69(74)82-59-68(89-72(77)56-49-42-35-28-21-24-31-38-45-52-65(6)7)62-87-91(80,81)85-58-66(73)57-84-90(78,79)86-61-67(60-83-70(75)54-47-40-33-27-20-23-30-37-44-51-64(4)5)88-71(76)55-48-41-34-26-19-16-15-17-22-29-36-43-50-63(2)3/h63-68,73H,8-62H2,1-7H3,(H,78,79)(H,80,81)/t66-,67-,68-/m1/s1. The van der Waals surface area contributed by atoms with Crippen molar-refractivity contribution in [2.45, 2.75) is 381 Å². The maximum Gasteiger partial charge on any atom is 0.472 e. The molecular formula is C72H140O17P2. The molecule has 540 valence electrons. The van der Waals surface area contributed by atoms with Gasteiger partial charge in [-0.15, -0.1) is 0 Å². The Hall–Kier alpha value is -1.94. The van der Waals surface area contributed by atoms with E-state index in [1.165, 1.54) is 173 Å². The summed E-state index contributed by atoms with van der Waals surface area (Å²) in [5.41, 5.74) is 0. The van der Waals surface area contributed by atoms with E-state index in [9.17, 15) is 43.2 Å². The van der Waals surface area contributed by atoms with Gasteiger partial charge in [-0.25, -0.2) is 9.13 Å². The molecule has 0 aromatic heterocycles. The number of unbranched alkanes of at least 4 members (excludes halogenated alkanes) is 38. The first kappa shape index (κ1) is 89.1. The van der Waals surface area contributed by atoms with Gasteiger partial charge in [0.15, 0.2) is 12.2 Å². The zero-order valence-electron chi connectivity index (χ0n) is 59.3. The third-order valence-electron chi connectivity index (χ3n) is 16.6. The van der Waals surface area contributed by atoms with Crippen molar-refractivity contribution in [1.82, 2.24) is 0 Å². The second-order valence-corrected chi connectivity index (χ2v) is 30.3. The van der Waals surface area contributed by atoms with E-state index in [-0.39, 0.29) is 25.7 Å². The van der Waals surface area contributed by atoms with E-state index in [0.717, 1.165) is 108 Å². The Labute approximate surface area is 556 Å². The largest absolute Gasteiger partial charge is 0.472 e. The molecule has 0 saturated carbocycles. The fourth-order valence-electron chi connectivity index (χ4n) is 10.9. The zero-order chi connectivity index (χ0) is 67.3. The summed E-state index contributed by atoms with van der Waals surface area (Å²) in [5, 5.41) is 10.6. The predicted molar refractivity (Wildman–Crippen MR) is 368 cm³/mol. The highest BCUT2D eigenvalue weighted by molar-refractivity contribution is 7.47. The van der Waals surface area contributed by atoms with Gasteiger partial charge in [0.2, 0.25) is 0 Å². The third-order valence-corrected chi connectivity index (χ3v) is 18.5. The van der Waals surface area contributed by atoms with Crippen LogP contribution in [0.15, 0.2) is 0 Å². The van der Waals surface area contributed by atoms with Crippen LogP contribution < -0.4 is 0 Å². The number of esters is 4. The van der Waals surface area contributed by atoms with Gasteiger partial charge in [-0.1, -0.05) is 312 Å². The van der Waals surface area contributed by atoms with Crippen LogP contribution in [0.4, 0.5) is 0 Å². The van der Waals surface area contributed by atoms with Gasteiger partial charge in [0, 0.05) is 25.7 Å². The minimum atomic E-state index is -4.95. The van der Waals surface area contributed by atoms with Crippen LogP contribution in [-0.4, -0.2) is 96.7 Å². The van der Waals surface area contributed by atoms with E-state index in [1.807, 2.05) is 0 Å². The average Bonchev–Trinajstić information content (AvgIpc) is 3.57. The first-order valence-corrected chi connectivity index (χ1v) is 40.3. The lowest BCUT2D eigenvalue weighted by atomic mass is 10.0. The number of aliphatic hydroxyl groups excluding tert-OH is 1. The highest BCUT2D eigenvalue weighted by Crippen LogP contribution is 2.45. The van der Waals surface area contributed by atoms with Crippen molar-refractivity contribution in [3.63, 3.8) is 0 Å². The molecule has 3 N–H and O–H groups in total. The Balaban J connectivity index is 5.26. The van der Waals surface area contributed by atoms with Crippen molar-refractivity contribution >= 4 is 39.5 Å². The molecule has 91 heavy (non-hydrogen) atoms. The number of carbonyl (C=O) groups excluding carboxylic acids is 4. The van der Waals surface area contributed by atoms with E-state index in [0.29, 0.717) is 25.7 Å². The van der Waals surface area contributed by atoms with Crippen molar-refractivity contribution in [2.75, 3.05) is 39.6 Å². The van der Waals surface area contributed by atoms with Gasteiger partial charge in [0.25, 0.3) is 0 Å². The van der Waals surface area contributed by atoms with E-state index in [2.05, 4.69) is 48.5 Å². The molecule has 17 nitrogen and oxygen atoms in total. The van der Waals surface area contributed by atoms with E-state index in [4.69, 9.17) is 37.0 Å². The number of phosphoric ester groups is 2. The number of rotatable bonds is 70. The number of hydrogen-bond acceptors (Lipinski definition) is 15. The molecule has 0 aromatic rings. The number of phosphoric acid groups is 2. The molecule has 0 radical (unpaired) electrons. The molecule has 0 saturated heterocycles. The zero-order valence-corrected chi connectivity index (χ0v) is 61.1. The van der Waals surface area contributed by atoms with Crippen molar-refractivity contribution in [3.05, 3.63) is 0 Å². The quantitative estimate of drug-likeness (QED) is 0.0222. The van der Waals surface area contributed by atoms with Crippen LogP contribution in [0.25, 0.3) is 0 Å². The van der Waals surface area contributed by atoms with Crippen LogP contribution in [0.5, 0.6) is 0 Å². The van der Waals surface area contributed by atoms with E-state index in [1.54, 1.807) is 0 Å². The first-order valence-electron chi connectivity index (χ1n) is 37.3. The molecule has 0 aliphatic carbocycles. The van der Waals surface area contributed by atoms with E-state index >= 15 is 0 Å².